The molecular weight excluding hydrogens is 346 g/mol. The summed E-state index contributed by atoms with van der Waals surface area (Å²) in [5.74, 6) is 1.97. The van der Waals surface area contributed by atoms with Crippen LogP contribution in [0.5, 0.6) is 0 Å². The first-order chi connectivity index (χ1) is 12.5. The highest BCUT2D eigenvalue weighted by Gasteiger charge is 2.40. The van der Waals surface area contributed by atoms with Crippen molar-refractivity contribution in [3.8, 4) is 0 Å². The van der Waals surface area contributed by atoms with Crippen LogP contribution in [0.25, 0.3) is 0 Å². The van der Waals surface area contributed by atoms with Crippen LogP contribution in [0.2, 0.25) is 0 Å². The Bertz CT molecular complexity index is 619. The number of nitrogens with one attached hydrogen (secondary N) is 1. The first-order valence-electron chi connectivity index (χ1n) is 10.8. The fourth-order valence-electron chi connectivity index (χ4n) is 5.55. The molecule has 0 aromatic rings. The summed E-state index contributed by atoms with van der Waals surface area (Å²) in [6.45, 7) is 2.92. The molecule has 6 heteroatoms. The van der Waals surface area contributed by atoms with Gasteiger partial charge >= 0.3 is 0 Å². The molecule has 2 heterocycles. The molecule has 5 nitrogen and oxygen atoms in total. The van der Waals surface area contributed by atoms with Gasteiger partial charge in [0.05, 0.1) is 11.5 Å². The van der Waals surface area contributed by atoms with E-state index in [1.54, 1.807) is 0 Å². The van der Waals surface area contributed by atoms with E-state index in [9.17, 15) is 8.42 Å². The average Bonchev–Trinajstić information content (AvgIpc) is 3.34. The van der Waals surface area contributed by atoms with E-state index in [4.69, 9.17) is 4.99 Å². The highest BCUT2D eigenvalue weighted by molar-refractivity contribution is 7.91. The van der Waals surface area contributed by atoms with Crippen LogP contribution < -0.4 is 5.32 Å². The third-order valence-electron chi connectivity index (χ3n) is 7.17. The highest BCUT2D eigenvalue weighted by Crippen LogP contribution is 2.43. The molecule has 0 radical (unpaired) electrons. The van der Waals surface area contributed by atoms with E-state index in [-0.39, 0.29) is 5.92 Å². The first kappa shape index (κ1) is 18.6. The number of hydrogen-bond acceptors (Lipinski definition) is 3. The molecule has 1 N–H and O–H groups in total. The van der Waals surface area contributed by atoms with E-state index in [2.05, 4.69) is 10.2 Å². The summed E-state index contributed by atoms with van der Waals surface area (Å²) in [5.41, 5.74) is 0.521. The van der Waals surface area contributed by atoms with Crippen LogP contribution in [0.15, 0.2) is 4.99 Å². The van der Waals surface area contributed by atoms with E-state index in [0.717, 1.165) is 25.5 Å². The van der Waals surface area contributed by atoms with Gasteiger partial charge < -0.3 is 10.2 Å². The monoisotopic (exact) mass is 381 g/mol. The Morgan fingerprint density at radius 3 is 2.50 bits per heavy atom. The average molecular weight is 382 g/mol. The maximum absolute atomic E-state index is 11.7. The molecule has 4 aliphatic rings. The lowest BCUT2D eigenvalue weighted by Gasteiger charge is -2.34. The van der Waals surface area contributed by atoms with E-state index < -0.39 is 9.84 Å². The molecule has 0 bridgehead atoms. The molecule has 2 saturated carbocycles. The van der Waals surface area contributed by atoms with Crippen molar-refractivity contribution in [2.75, 3.05) is 31.1 Å². The molecule has 2 aliphatic heterocycles. The number of sulfone groups is 1. The van der Waals surface area contributed by atoms with Crippen LogP contribution >= 0.6 is 0 Å². The minimum atomic E-state index is -2.81. The molecule has 1 spiro atoms. The SMILES string of the molecule is O=S1(=O)CCC(CN=C(NC2CCCC2)N2CCC3(CCCCC3)C2)C1. The lowest BCUT2D eigenvalue weighted by molar-refractivity contribution is 0.203. The van der Waals surface area contributed by atoms with Gasteiger partial charge in [-0.15, -0.1) is 0 Å². The summed E-state index contributed by atoms with van der Waals surface area (Å²) in [5, 5.41) is 3.75. The summed E-state index contributed by atoms with van der Waals surface area (Å²) in [6.07, 6.45) is 14.1. The van der Waals surface area contributed by atoms with Crippen molar-refractivity contribution in [2.24, 2.45) is 16.3 Å². The van der Waals surface area contributed by atoms with E-state index in [0.29, 0.717) is 29.5 Å². The fraction of sp³-hybridized carbons (Fsp3) is 0.950. The van der Waals surface area contributed by atoms with Crippen molar-refractivity contribution < 1.29 is 8.42 Å². The third kappa shape index (κ3) is 4.37. The summed E-state index contributed by atoms with van der Waals surface area (Å²) in [6, 6.07) is 0.559. The second kappa shape index (κ2) is 7.69. The van der Waals surface area contributed by atoms with Crippen molar-refractivity contribution in [1.29, 1.82) is 0 Å². The molecule has 2 aliphatic carbocycles. The zero-order chi connectivity index (χ0) is 18.0. The van der Waals surface area contributed by atoms with Crippen molar-refractivity contribution in [3.63, 3.8) is 0 Å². The van der Waals surface area contributed by atoms with Gasteiger partial charge in [-0.05, 0) is 49.9 Å². The zero-order valence-corrected chi connectivity index (χ0v) is 16.9. The zero-order valence-electron chi connectivity index (χ0n) is 16.1. The van der Waals surface area contributed by atoms with Gasteiger partial charge in [0.15, 0.2) is 15.8 Å². The number of guanidine groups is 1. The standard InChI is InChI=1S/C20H35N3O2S/c24-26(25)13-8-17(15-26)14-21-19(22-18-6-2-3-7-18)23-12-11-20(16-23)9-4-1-5-10-20/h17-18H,1-16H2,(H,21,22). The molecule has 148 valence electrons. The van der Waals surface area contributed by atoms with Crippen molar-refractivity contribution in [1.82, 2.24) is 10.2 Å². The Labute approximate surface area is 158 Å². The molecule has 1 atom stereocenters. The number of aliphatic imine (C=N–C) groups is 1. The van der Waals surface area contributed by atoms with Crippen LogP contribution in [0.4, 0.5) is 0 Å². The minimum Gasteiger partial charge on any atom is -0.354 e. The van der Waals surface area contributed by atoms with Crippen LogP contribution in [0.1, 0.15) is 70.6 Å². The van der Waals surface area contributed by atoms with Crippen LogP contribution in [0, 0.1) is 11.3 Å². The number of likely N-dealkylation sites (tertiary alicyclic amines) is 1. The van der Waals surface area contributed by atoms with Crippen molar-refractivity contribution in [2.45, 2.75) is 76.7 Å². The number of nitrogens with zero attached hydrogens (tertiary/aromatic N) is 2. The van der Waals surface area contributed by atoms with Crippen LogP contribution in [-0.4, -0.2) is 56.5 Å². The Hall–Kier alpha value is -0.780. The van der Waals surface area contributed by atoms with E-state index in [1.807, 2.05) is 0 Å². The summed E-state index contributed by atoms with van der Waals surface area (Å²) < 4.78 is 23.5. The Morgan fingerprint density at radius 1 is 1.04 bits per heavy atom. The topological polar surface area (TPSA) is 61.8 Å². The molecule has 4 rings (SSSR count). The molecule has 0 aromatic carbocycles. The predicted octanol–water partition coefficient (Wildman–Crippen LogP) is 2.97. The van der Waals surface area contributed by atoms with E-state index >= 15 is 0 Å². The van der Waals surface area contributed by atoms with Gasteiger partial charge in [-0.3, -0.25) is 4.99 Å². The molecular formula is C20H35N3O2S. The first-order valence-corrected chi connectivity index (χ1v) is 12.6. The Balaban J connectivity index is 1.43. The van der Waals surface area contributed by atoms with Crippen molar-refractivity contribution in [3.05, 3.63) is 0 Å². The normalized spacial score (nSPS) is 31.8. The quantitative estimate of drug-likeness (QED) is 0.603. The predicted molar refractivity (Wildman–Crippen MR) is 106 cm³/mol. The molecule has 26 heavy (non-hydrogen) atoms. The summed E-state index contributed by atoms with van der Waals surface area (Å²) in [4.78, 5) is 7.45. The lowest BCUT2D eigenvalue weighted by atomic mass is 9.73. The second-order valence-electron chi connectivity index (χ2n) is 9.29. The van der Waals surface area contributed by atoms with Crippen LogP contribution in [-0.2, 0) is 9.84 Å². The van der Waals surface area contributed by atoms with Crippen LogP contribution in [0.3, 0.4) is 0 Å². The largest absolute Gasteiger partial charge is 0.354 e. The molecule has 0 aromatic heterocycles. The van der Waals surface area contributed by atoms with Gasteiger partial charge in [-0.2, -0.15) is 0 Å². The lowest BCUT2D eigenvalue weighted by Crippen LogP contribution is -2.45. The summed E-state index contributed by atoms with van der Waals surface area (Å²) >= 11 is 0. The Kier molecular flexibility index (Phi) is 5.49. The van der Waals surface area contributed by atoms with E-state index in [1.165, 1.54) is 64.2 Å². The maximum atomic E-state index is 11.7. The Morgan fingerprint density at radius 2 is 1.81 bits per heavy atom. The molecule has 1 unspecified atom stereocenters. The number of hydrogen-bond donors (Lipinski definition) is 1. The van der Waals surface area contributed by atoms with Gasteiger partial charge in [-0.1, -0.05) is 32.1 Å². The van der Waals surface area contributed by atoms with Crippen molar-refractivity contribution >= 4 is 15.8 Å². The highest BCUT2D eigenvalue weighted by atomic mass is 32.2. The second-order valence-corrected chi connectivity index (χ2v) is 11.5. The smallest absolute Gasteiger partial charge is 0.194 e. The number of rotatable bonds is 3. The van der Waals surface area contributed by atoms with Gasteiger partial charge in [-0.25, -0.2) is 8.42 Å². The molecule has 2 saturated heterocycles. The molecule has 4 fully saturated rings. The molecule has 0 amide bonds. The van der Waals surface area contributed by atoms with Gasteiger partial charge in [0.2, 0.25) is 0 Å². The maximum Gasteiger partial charge on any atom is 0.194 e. The summed E-state index contributed by atoms with van der Waals surface area (Å²) in [7, 11) is -2.81. The minimum absolute atomic E-state index is 0.214. The fourth-order valence-corrected chi connectivity index (χ4v) is 7.40. The third-order valence-corrected chi connectivity index (χ3v) is 9.00. The van der Waals surface area contributed by atoms with Gasteiger partial charge in [0.25, 0.3) is 0 Å². The van der Waals surface area contributed by atoms with Gasteiger partial charge in [0.1, 0.15) is 0 Å². The van der Waals surface area contributed by atoms with Gasteiger partial charge in [0, 0.05) is 25.7 Å².